The van der Waals surface area contributed by atoms with Crippen molar-refractivity contribution < 1.29 is 0 Å². The first-order valence-electron chi connectivity index (χ1n) is 4.86. The fourth-order valence-corrected chi connectivity index (χ4v) is 1.58. The number of rotatable bonds is 1. The lowest BCUT2D eigenvalue weighted by Crippen LogP contribution is -1.88. The van der Waals surface area contributed by atoms with E-state index in [1.165, 1.54) is 0 Å². The van der Waals surface area contributed by atoms with Gasteiger partial charge in [0.15, 0.2) is 11.6 Å². The van der Waals surface area contributed by atoms with Gasteiger partial charge in [-0.05, 0) is 18.2 Å². The molecule has 0 spiro atoms. The van der Waals surface area contributed by atoms with Gasteiger partial charge in [0.1, 0.15) is 5.52 Å². The minimum absolute atomic E-state index is 0.568. The van der Waals surface area contributed by atoms with Gasteiger partial charge in [0, 0.05) is 12.4 Å². The summed E-state index contributed by atoms with van der Waals surface area (Å²) >= 11 is 0. The number of nitrogens with one attached hydrogen (secondary N) is 1. The molecular weight excluding hydrogens is 202 g/mol. The molecule has 0 aliphatic carbocycles. The van der Waals surface area contributed by atoms with E-state index in [-0.39, 0.29) is 0 Å². The van der Waals surface area contributed by atoms with Crippen molar-refractivity contribution in [1.29, 1.82) is 0 Å². The molecule has 16 heavy (non-hydrogen) atoms. The van der Waals surface area contributed by atoms with Crippen LogP contribution in [0.3, 0.4) is 0 Å². The number of nitrogens with two attached hydrogens (primary N) is 1. The molecule has 0 saturated carbocycles. The topological polar surface area (TPSA) is 80.5 Å². The molecule has 3 N–H and O–H groups in total. The number of nitrogen functional groups attached to an aromatic ring is 1. The lowest BCUT2D eigenvalue weighted by molar-refractivity contribution is 1.13. The van der Waals surface area contributed by atoms with Crippen LogP contribution in [0.2, 0.25) is 0 Å². The molecule has 5 heteroatoms. The first kappa shape index (κ1) is 8.84. The summed E-state index contributed by atoms with van der Waals surface area (Å²) in [5.74, 6) is 1.20. The molecule has 0 saturated heterocycles. The van der Waals surface area contributed by atoms with Crippen LogP contribution in [0.1, 0.15) is 0 Å². The first-order valence-corrected chi connectivity index (χ1v) is 4.86. The molecule has 0 atom stereocenters. The molecule has 2 heterocycles. The van der Waals surface area contributed by atoms with Crippen molar-refractivity contribution >= 4 is 16.7 Å². The molecule has 0 aliphatic rings. The predicted molar refractivity (Wildman–Crippen MR) is 61.5 cm³/mol. The Morgan fingerprint density at radius 1 is 1.06 bits per heavy atom. The smallest absolute Gasteiger partial charge is 0.195 e. The van der Waals surface area contributed by atoms with E-state index in [0.29, 0.717) is 17.3 Å². The van der Waals surface area contributed by atoms with Crippen LogP contribution in [0.15, 0.2) is 36.7 Å². The van der Waals surface area contributed by atoms with Crippen LogP contribution in [-0.4, -0.2) is 19.9 Å². The average Bonchev–Trinajstić information content (AvgIpc) is 2.76. The molecular formula is C11H9N5. The summed E-state index contributed by atoms with van der Waals surface area (Å²) < 4.78 is 0. The number of H-pyrrole nitrogens is 1. The summed E-state index contributed by atoms with van der Waals surface area (Å²) in [6.45, 7) is 0. The quantitative estimate of drug-likeness (QED) is 0.599. The highest BCUT2D eigenvalue weighted by molar-refractivity contribution is 5.88. The monoisotopic (exact) mass is 211 g/mol. The third-order valence-corrected chi connectivity index (χ3v) is 2.32. The maximum absolute atomic E-state index is 5.82. The predicted octanol–water partition coefficient (Wildman–Crippen LogP) is 1.60. The van der Waals surface area contributed by atoms with Crippen molar-refractivity contribution in [2.75, 3.05) is 5.73 Å². The van der Waals surface area contributed by atoms with Gasteiger partial charge < -0.3 is 10.7 Å². The van der Waals surface area contributed by atoms with Crippen molar-refractivity contribution in [1.82, 2.24) is 19.9 Å². The molecule has 5 nitrogen and oxygen atoms in total. The van der Waals surface area contributed by atoms with Gasteiger partial charge in [-0.2, -0.15) is 0 Å². The zero-order chi connectivity index (χ0) is 11.0. The summed E-state index contributed by atoms with van der Waals surface area (Å²) in [5, 5.41) is 0. The Morgan fingerprint density at radius 3 is 2.62 bits per heavy atom. The molecule has 0 bridgehead atoms. The highest BCUT2D eigenvalue weighted by Crippen LogP contribution is 2.21. The fourth-order valence-electron chi connectivity index (χ4n) is 1.58. The van der Waals surface area contributed by atoms with Gasteiger partial charge in [-0.15, -0.1) is 0 Å². The van der Waals surface area contributed by atoms with E-state index in [0.717, 1.165) is 11.0 Å². The summed E-state index contributed by atoms with van der Waals surface area (Å²) in [5.41, 5.74) is 8.12. The molecule has 0 unspecified atom stereocenters. The molecule has 3 aromatic rings. The summed E-state index contributed by atoms with van der Waals surface area (Å²) in [6, 6.07) is 7.38. The Kier molecular flexibility index (Phi) is 1.83. The zero-order valence-corrected chi connectivity index (χ0v) is 8.38. The minimum Gasteiger partial charge on any atom is -0.397 e. The van der Waals surface area contributed by atoms with Crippen LogP contribution in [-0.2, 0) is 0 Å². The van der Waals surface area contributed by atoms with Gasteiger partial charge in [-0.25, -0.2) is 15.0 Å². The lowest BCUT2D eigenvalue weighted by atomic mass is 10.3. The Balaban J connectivity index is 2.23. The average molecular weight is 211 g/mol. The number of hydrogen-bond acceptors (Lipinski definition) is 4. The van der Waals surface area contributed by atoms with Crippen molar-refractivity contribution in [3.8, 4) is 11.6 Å². The first-order chi connectivity index (χ1) is 7.84. The molecule has 2 aromatic heterocycles. The second-order valence-electron chi connectivity index (χ2n) is 3.40. The Labute approximate surface area is 91.4 Å². The second kappa shape index (κ2) is 3.30. The normalized spacial score (nSPS) is 10.8. The van der Waals surface area contributed by atoms with Gasteiger partial charge in [-0.3, -0.25) is 0 Å². The van der Waals surface area contributed by atoms with Crippen molar-refractivity contribution in [3.63, 3.8) is 0 Å². The van der Waals surface area contributed by atoms with Crippen molar-refractivity contribution in [2.45, 2.75) is 0 Å². The van der Waals surface area contributed by atoms with Gasteiger partial charge >= 0.3 is 0 Å². The third kappa shape index (κ3) is 1.30. The number of aromatic amines is 1. The number of imidazole rings is 1. The molecule has 1 aromatic carbocycles. The van der Waals surface area contributed by atoms with Crippen LogP contribution < -0.4 is 5.73 Å². The Bertz CT molecular complexity index is 629. The third-order valence-electron chi connectivity index (χ3n) is 2.32. The summed E-state index contributed by atoms with van der Waals surface area (Å²) in [7, 11) is 0. The maximum Gasteiger partial charge on any atom is 0.195 e. The number of benzene rings is 1. The van der Waals surface area contributed by atoms with E-state index >= 15 is 0 Å². The summed E-state index contributed by atoms with van der Waals surface area (Å²) in [4.78, 5) is 15.8. The second-order valence-corrected chi connectivity index (χ2v) is 3.40. The lowest BCUT2D eigenvalue weighted by Gasteiger charge is -1.91. The number of aromatic nitrogens is 4. The molecule has 0 aliphatic heterocycles. The standard InChI is InChI=1S/C11H9N5/c12-7-3-1-4-8-9(7)16-11(15-8)10-13-5-2-6-14-10/h1-6H,12H2,(H,15,16). The summed E-state index contributed by atoms with van der Waals surface area (Å²) in [6.07, 6.45) is 3.36. The number of hydrogen-bond donors (Lipinski definition) is 2. The Morgan fingerprint density at radius 2 is 1.88 bits per heavy atom. The molecule has 0 amide bonds. The maximum atomic E-state index is 5.82. The van der Waals surface area contributed by atoms with Gasteiger partial charge in [0.2, 0.25) is 0 Å². The fraction of sp³-hybridized carbons (Fsp3) is 0. The largest absolute Gasteiger partial charge is 0.397 e. The van der Waals surface area contributed by atoms with Crippen molar-refractivity contribution in [3.05, 3.63) is 36.7 Å². The minimum atomic E-state index is 0.568. The van der Waals surface area contributed by atoms with Crippen molar-refractivity contribution in [2.24, 2.45) is 0 Å². The van der Waals surface area contributed by atoms with E-state index in [1.54, 1.807) is 18.5 Å². The molecule has 3 rings (SSSR count). The SMILES string of the molecule is Nc1cccc2[nH]c(-c3ncccn3)nc12. The van der Waals surface area contributed by atoms with Crippen LogP contribution >= 0.6 is 0 Å². The molecule has 0 fully saturated rings. The van der Waals surface area contributed by atoms with E-state index in [2.05, 4.69) is 19.9 Å². The van der Waals surface area contributed by atoms with E-state index in [4.69, 9.17) is 5.73 Å². The van der Waals surface area contributed by atoms with Gasteiger partial charge in [0.05, 0.1) is 11.2 Å². The van der Waals surface area contributed by atoms with Crippen LogP contribution in [0, 0.1) is 0 Å². The van der Waals surface area contributed by atoms with Gasteiger partial charge in [-0.1, -0.05) is 6.07 Å². The van der Waals surface area contributed by atoms with Crippen LogP contribution in [0.4, 0.5) is 5.69 Å². The Hall–Kier alpha value is -2.43. The highest BCUT2D eigenvalue weighted by Gasteiger charge is 2.08. The van der Waals surface area contributed by atoms with E-state index in [9.17, 15) is 0 Å². The molecule has 78 valence electrons. The number of nitrogens with zero attached hydrogens (tertiary/aromatic N) is 3. The van der Waals surface area contributed by atoms with E-state index < -0.39 is 0 Å². The number of anilines is 1. The molecule has 0 radical (unpaired) electrons. The van der Waals surface area contributed by atoms with Gasteiger partial charge in [0.25, 0.3) is 0 Å². The van der Waals surface area contributed by atoms with Crippen LogP contribution in [0.25, 0.3) is 22.7 Å². The number of fused-ring (bicyclic) bond motifs is 1. The van der Waals surface area contributed by atoms with E-state index in [1.807, 2.05) is 18.2 Å². The zero-order valence-electron chi connectivity index (χ0n) is 8.38. The highest BCUT2D eigenvalue weighted by atomic mass is 15.0. The number of para-hydroxylation sites is 1. The van der Waals surface area contributed by atoms with Crippen LogP contribution in [0.5, 0.6) is 0 Å².